The highest BCUT2D eigenvalue weighted by Crippen LogP contribution is 2.38. The fourth-order valence-corrected chi connectivity index (χ4v) is 4.80. The Morgan fingerprint density at radius 3 is 2.79 bits per heavy atom. The summed E-state index contributed by atoms with van der Waals surface area (Å²) in [5.41, 5.74) is 0.0959. The van der Waals surface area contributed by atoms with Crippen molar-refractivity contribution in [1.29, 1.82) is 0 Å². The zero-order chi connectivity index (χ0) is 21.4. The molecular weight excluding hydrogens is 410 g/mol. The summed E-state index contributed by atoms with van der Waals surface area (Å²) in [6, 6.07) is 1.69. The van der Waals surface area contributed by atoms with E-state index >= 15 is 0 Å². The number of ether oxygens (including phenoxy) is 2. The van der Waals surface area contributed by atoms with Crippen LogP contribution in [0.1, 0.15) is 44.4 Å². The van der Waals surface area contributed by atoms with Crippen molar-refractivity contribution < 1.29 is 18.7 Å². The molecule has 0 amide bonds. The van der Waals surface area contributed by atoms with E-state index < -0.39 is 20.5 Å². The molecule has 2 aromatic rings. The van der Waals surface area contributed by atoms with Crippen LogP contribution in [0.4, 0.5) is 0 Å². The van der Waals surface area contributed by atoms with E-state index in [1.165, 1.54) is 15.2 Å². The summed E-state index contributed by atoms with van der Waals surface area (Å²) in [5, 5.41) is 0.135. The first-order valence-electron chi connectivity index (χ1n) is 9.72. The van der Waals surface area contributed by atoms with E-state index in [1.54, 1.807) is 30.9 Å². The number of fused-ring (bicyclic) bond motifs is 1. The number of imidazole rings is 1. The van der Waals surface area contributed by atoms with Crippen molar-refractivity contribution in [3.8, 4) is 0 Å². The molecule has 2 aromatic heterocycles. The van der Waals surface area contributed by atoms with Crippen molar-refractivity contribution in [2.24, 2.45) is 0 Å². The van der Waals surface area contributed by atoms with E-state index in [0.717, 1.165) is 0 Å². The Kier molecular flexibility index (Phi) is 6.28. The maximum atomic E-state index is 12.9. The van der Waals surface area contributed by atoms with E-state index in [-0.39, 0.29) is 28.5 Å². The molecule has 8 nitrogen and oxygen atoms in total. The number of hydrogen-bond donors (Lipinski definition) is 0. The van der Waals surface area contributed by atoms with Gasteiger partial charge in [0.2, 0.25) is 0 Å². The van der Waals surface area contributed by atoms with Crippen molar-refractivity contribution in [2.75, 3.05) is 19.0 Å². The predicted octanol–water partition coefficient (Wildman–Crippen LogP) is 3.28. The number of carbonyl (C=O) groups is 1. The van der Waals surface area contributed by atoms with Crippen molar-refractivity contribution >= 4 is 31.7 Å². The number of thioether (sulfide) groups is 1. The average Bonchev–Trinajstić information content (AvgIpc) is 3.27. The van der Waals surface area contributed by atoms with Gasteiger partial charge in [-0.3, -0.25) is 8.97 Å². The zero-order valence-corrected chi connectivity index (χ0v) is 19.6. The lowest BCUT2D eigenvalue weighted by molar-refractivity contribution is -0.00429. The summed E-state index contributed by atoms with van der Waals surface area (Å²) in [7, 11) is -1.85. The highest BCUT2D eigenvalue weighted by Gasteiger charge is 2.39. The van der Waals surface area contributed by atoms with Crippen LogP contribution < -0.4 is 5.69 Å². The molecule has 0 aliphatic carbocycles. The summed E-state index contributed by atoms with van der Waals surface area (Å²) in [6.45, 7) is 13.5. The maximum Gasteiger partial charge on any atom is 0.358 e. The van der Waals surface area contributed by atoms with Gasteiger partial charge in [-0.15, -0.1) is 11.8 Å². The highest BCUT2D eigenvalue weighted by atomic mass is 32.2. The zero-order valence-electron chi connectivity index (χ0n) is 17.8. The minimum Gasteiger partial charge on any atom is -0.461 e. The lowest BCUT2D eigenvalue weighted by atomic mass is 10.2. The normalized spacial score (nSPS) is 20.3. The molecule has 1 saturated heterocycles. The van der Waals surface area contributed by atoms with E-state index in [4.69, 9.17) is 13.9 Å². The third kappa shape index (κ3) is 4.60. The van der Waals surface area contributed by atoms with Gasteiger partial charge >= 0.3 is 11.7 Å². The lowest BCUT2D eigenvalue weighted by Gasteiger charge is -2.36. The number of carbonyl (C=O) groups excluding carboxylic acids is 1. The molecule has 1 fully saturated rings. The Bertz CT molecular complexity index is 949. The Balaban J connectivity index is 1.72. The number of rotatable bonds is 6. The van der Waals surface area contributed by atoms with Crippen LogP contribution in [0.25, 0.3) is 5.65 Å². The van der Waals surface area contributed by atoms with Crippen molar-refractivity contribution in [3.05, 3.63) is 34.6 Å². The predicted molar refractivity (Wildman–Crippen MR) is 115 cm³/mol. The fourth-order valence-electron chi connectivity index (χ4n) is 2.69. The Labute approximate surface area is 175 Å². The van der Waals surface area contributed by atoms with Crippen LogP contribution in [0.5, 0.6) is 0 Å². The number of aromatic nitrogens is 3. The molecule has 2 atom stereocenters. The van der Waals surface area contributed by atoms with Crippen LogP contribution in [0.3, 0.4) is 0 Å². The first kappa shape index (κ1) is 22.1. The Morgan fingerprint density at radius 1 is 1.41 bits per heavy atom. The standard InChI is InChI=1S/C19H29N3O5SSi/c1-7-25-17(23)13-10-22-14(20-13)8-9-21(18(22)24)15-12-28-16(27-15)11-26-29(5,6)19(2,3)4/h8-10,15-16H,7,11-12H2,1-6H3/t15-,16+/m0/s1. The molecule has 160 valence electrons. The van der Waals surface area contributed by atoms with E-state index in [9.17, 15) is 9.59 Å². The summed E-state index contributed by atoms with van der Waals surface area (Å²) >= 11 is 1.64. The monoisotopic (exact) mass is 439 g/mol. The Morgan fingerprint density at radius 2 is 2.14 bits per heavy atom. The third-order valence-electron chi connectivity index (χ3n) is 5.46. The van der Waals surface area contributed by atoms with Gasteiger partial charge in [0.25, 0.3) is 0 Å². The van der Waals surface area contributed by atoms with Crippen LogP contribution in [0.15, 0.2) is 23.3 Å². The summed E-state index contributed by atoms with van der Waals surface area (Å²) in [5.74, 6) is 0.105. The molecule has 0 bridgehead atoms. The topological polar surface area (TPSA) is 84.1 Å². The molecule has 1 aliphatic rings. The largest absolute Gasteiger partial charge is 0.461 e. The number of esters is 1. The molecule has 1 aliphatic heterocycles. The number of hydrogen-bond acceptors (Lipinski definition) is 7. The van der Waals surface area contributed by atoms with Gasteiger partial charge in [0.1, 0.15) is 17.3 Å². The third-order valence-corrected chi connectivity index (χ3v) is 11.1. The van der Waals surface area contributed by atoms with Crippen molar-refractivity contribution in [2.45, 2.75) is 57.5 Å². The second-order valence-corrected chi connectivity index (χ2v) is 14.5. The van der Waals surface area contributed by atoms with Gasteiger partial charge in [-0.1, -0.05) is 20.8 Å². The van der Waals surface area contributed by atoms with Gasteiger partial charge in [0.15, 0.2) is 14.0 Å². The molecule has 0 unspecified atom stereocenters. The summed E-state index contributed by atoms with van der Waals surface area (Å²) < 4.78 is 20.2. The van der Waals surface area contributed by atoms with Crippen LogP contribution in [0, 0.1) is 0 Å². The second-order valence-electron chi connectivity index (χ2n) is 8.51. The molecule has 0 spiro atoms. The van der Waals surface area contributed by atoms with Crippen LogP contribution in [-0.4, -0.2) is 52.6 Å². The molecule has 3 heterocycles. The molecule has 0 N–H and O–H groups in total. The van der Waals surface area contributed by atoms with Crippen LogP contribution >= 0.6 is 11.8 Å². The lowest BCUT2D eigenvalue weighted by Crippen LogP contribution is -2.42. The van der Waals surface area contributed by atoms with Crippen molar-refractivity contribution in [1.82, 2.24) is 14.0 Å². The van der Waals surface area contributed by atoms with Gasteiger partial charge < -0.3 is 13.9 Å². The van der Waals surface area contributed by atoms with Crippen LogP contribution in [0.2, 0.25) is 18.1 Å². The summed E-state index contributed by atoms with van der Waals surface area (Å²) in [4.78, 5) is 28.9. The first-order chi connectivity index (χ1) is 13.5. The van der Waals surface area contributed by atoms with Gasteiger partial charge in [-0.05, 0) is 31.1 Å². The molecule has 0 aromatic carbocycles. The van der Waals surface area contributed by atoms with E-state index in [1.807, 2.05) is 0 Å². The smallest absolute Gasteiger partial charge is 0.358 e. The van der Waals surface area contributed by atoms with Crippen molar-refractivity contribution in [3.63, 3.8) is 0 Å². The minimum absolute atomic E-state index is 0.115. The molecule has 0 saturated carbocycles. The maximum absolute atomic E-state index is 12.9. The molecule has 0 radical (unpaired) electrons. The van der Waals surface area contributed by atoms with Gasteiger partial charge in [-0.25, -0.2) is 14.6 Å². The second kappa shape index (κ2) is 8.25. The molecule has 29 heavy (non-hydrogen) atoms. The van der Waals surface area contributed by atoms with E-state index in [2.05, 4.69) is 38.8 Å². The van der Waals surface area contributed by atoms with Gasteiger partial charge in [0, 0.05) is 18.1 Å². The quantitative estimate of drug-likeness (QED) is 0.504. The Hall–Kier alpha value is -1.62. The first-order valence-corrected chi connectivity index (χ1v) is 13.7. The minimum atomic E-state index is -1.85. The average molecular weight is 440 g/mol. The van der Waals surface area contributed by atoms with E-state index in [0.29, 0.717) is 18.0 Å². The van der Waals surface area contributed by atoms with Gasteiger partial charge in [0.05, 0.1) is 13.2 Å². The van der Waals surface area contributed by atoms with Gasteiger partial charge in [-0.2, -0.15) is 0 Å². The molecule has 10 heteroatoms. The highest BCUT2D eigenvalue weighted by molar-refractivity contribution is 8.00. The molecular formula is C19H29N3O5SSi. The summed E-state index contributed by atoms with van der Waals surface area (Å²) in [6.07, 6.45) is 2.67. The van der Waals surface area contributed by atoms with Crippen LogP contribution in [-0.2, 0) is 13.9 Å². The SMILES string of the molecule is CCOC(=O)c1cn2c(=O)n([C@@H]3CS[C@H](CO[Si](C)(C)C(C)(C)C)O3)ccc2n1. The molecule has 3 rings (SSSR count). The number of nitrogens with zero attached hydrogens (tertiary/aromatic N) is 3. The fraction of sp³-hybridized carbons (Fsp3) is 0.632.